The molecule has 0 aliphatic heterocycles. The van der Waals surface area contributed by atoms with Gasteiger partial charge in [-0.1, -0.05) is 15.5 Å². The lowest BCUT2D eigenvalue weighted by Gasteiger charge is -2.23. The normalized spacial score (nSPS) is 13.8. The standard InChI is InChI=1S/C23H24F3N7O3/c1-11-14(10-35-29-11)15(6-7-23(24,25)26)33-16-8-13(18-12(2)28-31-32(18)5)9-27-17(16)20-19(33)21(30-36-20)22(3,4)34/h8-10,15,34H,6-7H2,1-5H3. The molecule has 0 bridgehead atoms. The van der Waals surface area contributed by atoms with Gasteiger partial charge in [0.15, 0.2) is 0 Å². The zero-order valence-electron chi connectivity index (χ0n) is 20.3. The van der Waals surface area contributed by atoms with Gasteiger partial charge in [-0.3, -0.25) is 0 Å². The van der Waals surface area contributed by atoms with Gasteiger partial charge < -0.3 is 18.7 Å². The maximum atomic E-state index is 13.4. The number of fused-ring (bicyclic) bond motifs is 3. The molecule has 5 aromatic heterocycles. The van der Waals surface area contributed by atoms with E-state index in [0.717, 1.165) is 0 Å². The SMILES string of the molecule is Cc1nocc1C(CCC(F)(F)F)n1c2cc(-c3c(C)nnn3C)cnc2c2onc(C(C)(C)O)c21. The Morgan fingerprint density at radius 2 is 1.89 bits per heavy atom. The van der Waals surface area contributed by atoms with E-state index in [1.54, 1.807) is 42.4 Å². The van der Waals surface area contributed by atoms with Gasteiger partial charge in [-0.2, -0.15) is 13.2 Å². The third-order valence-electron chi connectivity index (χ3n) is 6.26. The van der Waals surface area contributed by atoms with Crippen molar-refractivity contribution in [2.75, 3.05) is 0 Å². The molecular formula is C23H24F3N7O3. The van der Waals surface area contributed by atoms with E-state index < -0.39 is 24.2 Å². The number of aromatic nitrogens is 7. The fourth-order valence-electron chi connectivity index (χ4n) is 4.65. The summed E-state index contributed by atoms with van der Waals surface area (Å²) in [5.41, 5.74) is 3.24. The third kappa shape index (κ3) is 3.92. The monoisotopic (exact) mass is 503 g/mol. The number of alkyl halides is 3. The summed E-state index contributed by atoms with van der Waals surface area (Å²) in [6, 6.07) is 0.947. The van der Waals surface area contributed by atoms with Crippen molar-refractivity contribution in [2.24, 2.45) is 7.05 Å². The van der Waals surface area contributed by atoms with Crippen molar-refractivity contribution < 1.29 is 27.3 Å². The second kappa shape index (κ2) is 8.15. The van der Waals surface area contributed by atoms with E-state index in [2.05, 4.69) is 25.6 Å². The van der Waals surface area contributed by atoms with Gasteiger partial charge in [0.2, 0.25) is 5.58 Å². The highest BCUT2D eigenvalue weighted by Crippen LogP contribution is 2.42. The van der Waals surface area contributed by atoms with Crippen LogP contribution in [0.1, 0.15) is 55.4 Å². The average molecular weight is 503 g/mol. The van der Waals surface area contributed by atoms with Crippen LogP contribution in [-0.4, -0.2) is 46.1 Å². The molecule has 1 unspecified atom stereocenters. The molecule has 5 aromatic rings. The maximum absolute atomic E-state index is 13.4. The first kappa shape index (κ1) is 24.0. The molecule has 0 radical (unpaired) electrons. The Hall–Kier alpha value is -3.74. The van der Waals surface area contributed by atoms with Crippen molar-refractivity contribution in [3.8, 4) is 11.3 Å². The Morgan fingerprint density at radius 3 is 2.47 bits per heavy atom. The van der Waals surface area contributed by atoms with E-state index in [0.29, 0.717) is 44.8 Å². The zero-order chi connectivity index (χ0) is 26.0. The number of pyridine rings is 1. The van der Waals surface area contributed by atoms with Crippen LogP contribution in [0.2, 0.25) is 0 Å². The Labute approximate surface area is 202 Å². The Morgan fingerprint density at radius 1 is 1.14 bits per heavy atom. The first-order valence-corrected chi connectivity index (χ1v) is 11.2. The van der Waals surface area contributed by atoms with Crippen molar-refractivity contribution in [2.45, 2.75) is 58.4 Å². The van der Waals surface area contributed by atoms with Crippen LogP contribution in [0.15, 0.2) is 27.6 Å². The van der Waals surface area contributed by atoms with E-state index in [1.165, 1.54) is 20.1 Å². The summed E-state index contributed by atoms with van der Waals surface area (Å²) in [6.45, 7) is 6.54. The first-order chi connectivity index (χ1) is 16.9. The largest absolute Gasteiger partial charge is 0.389 e. The van der Waals surface area contributed by atoms with Crippen molar-refractivity contribution in [1.29, 1.82) is 0 Å². The van der Waals surface area contributed by atoms with Gasteiger partial charge in [-0.25, -0.2) is 9.67 Å². The molecule has 5 rings (SSSR count). The number of hydrogen-bond donors (Lipinski definition) is 1. The third-order valence-corrected chi connectivity index (χ3v) is 6.26. The van der Waals surface area contributed by atoms with Crippen LogP contribution in [0.25, 0.3) is 33.4 Å². The van der Waals surface area contributed by atoms with Crippen molar-refractivity contribution in [1.82, 2.24) is 34.9 Å². The van der Waals surface area contributed by atoms with Gasteiger partial charge in [-0.05, 0) is 40.2 Å². The Balaban J connectivity index is 1.86. The molecule has 0 amide bonds. The maximum Gasteiger partial charge on any atom is 0.389 e. The summed E-state index contributed by atoms with van der Waals surface area (Å²) in [7, 11) is 1.74. The van der Waals surface area contributed by atoms with Crippen molar-refractivity contribution in [3.63, 3.8) is 0 Å². The molecule has 0 fully saturated rings. The fraction of sp³-hybridized carbons (Fsp3) is 0.435. The molecule has 0 aliphatic carbocycles. The van der Waals surface area contributed by atoms with Gasteiger partial charge in [0.05, 0.1) is 28.6 Å². The number of rotatable bonds is 6. The van der Waals surface area contributed by atoms with Gasteiger partial charge in [-0.15, -0.1) is 5.10 Å². The number of aliphatic hydroxyl groups is 1. The minimum atomic E-state index is -4.39. The van der Waals surface area contributed by atoms with Gasteiger partial charge in [0.25, 0.3) is 0 Å². The van der Waals surface area contributed by atoms with E-state index >= 15 is 0 Å². The van der Waals surface area contributed by atoms with Crippen molar-refractivity contribution in [3.05, 3.63) is 41.2 Å². The van der Waals surface area contributed by atoms with Gasteiger partial charge in [0.1, 0.15) is 28.6 Å². The number of halogens is 3. The summed E-state index contributed by atoms with van der Waals surface area (Å²) in [4.78, 5) is 4.59. The minimum absolute atomic E-state index is 0.182. The van der Waals surface area contributed by atoms with Crippen molar-refractivity contribution >= 4 is 22.1 Å². The highest BCUT2D eigenvalue weighted by Gasteiger charge is 2.36. The number of hydrogen-bond acceptors (Lipinski definition) is 8. The molecule has 5 heterocycles. The number of aryl methyl sites for hydroxylation is 3. The Bertz CT molecular complexity index is 1550. The van der Waals surface area contributed by atoms with Crippen LogP contribution in [0.5, 0.6) is 0 Å². The van der Waals surface area contributed by atoms with Crippen LogP contribution in [0.3, 0.4) is 0 Å². The molecule has 190 valence electrons. The van der Waals surface area contributed by atoms with Gasteiger partial charge >= 0.3 is 6.18 Å². The molecule has 0 spiro atoms. The van der Waals surface area contributed by atoms with Gasteiger partial charge in [0, 0.05) is 30.8 Å². The second-order valence-corrected chi connectivity index (χ2v) is 9.40. The quantitative estimate of drug-likeness (QED) is 0.353. The zero-order valence-corrected chi connectivity index (χ0v) is 20.3. The smallest absolute Gasteiger partial charge is 0.384 e. The summed E-state index contributed by atoms with van der Waals surface area (Å²) < 4.78 is 54.3. The number of nitrogens with zero attached hydrogens (tertiary/aromatic N) is 7. The summed E-state index contributed by atoms with van der Waals surface area (Å²) >= 11 is 0. The lowest BCUT2D eigenvalue weighted by molar-refractivity contribution is -0.136. The fourth-order valence-corrected chi connectivity index (χ4v) is 4.65. The van der Waals surface area contributed by atoms with Crippen LogP contribution in [-0.2, 0) is 12.6 Å². The molecular weight excluding hydrogens is 479 g/mol. The average Bonchev–Trinajstić information content (AvgIpc) is 3.53. The molecule has 1 atom stereocenters. The molecule has 0 saturated heterocycles. The minimum Gasteiger partial charge on any atom is -0.384 e. The lowest BCUT2D eigenvalue weighted by Crippen LogP contribution is -2.20. The highest BCUT2D eigenvalue weighted by atomic mass is 19.4. The van der Waals surface area contributed by atoms with E-state index in [-0.39, 0.29) is 17.7 Å². The first-order valence-electron chi connectivity index (χ1n) is 11.2. The summed E-state index contributed by atoms with van der Waals surface area (Å²) in [5, 5.41) is 26.9. The molecule has 0 saturated carbocycles. The van der Waals surface area contributed by atoms with E-state index in [4.69, 9.17) is 9.05 Å². The molecule has 1 N–H and O–H groups in total. The van der Waals surface area contributed by atoms with Crippen LogP contribution < -0.4 is 0 Å². The summed E-state index contributed by atoms with van der Waals surface area (Å²) in [6.07, 6.45) is -2.78. The predicted molar refractivity (Wildman–Crippen MR) is 122 cm³/mol. The predicted octanol–water partition coefficient (Wildman–Crippen LogP) is 4.74. The molecule has 13 heteroatoms. The Kier molecular flexibility index (Phi) is 5.43. The lowest BCUT2D eigenvalue weighted by atomic mass is 10.0. The summed E-state index contributed by atoms with van der Waals surface area (Å²) in [5.74, 6) is 0. The van der Waals surface area contributed by atoms with Crippen LogP contribution in [0.4, 0.5) is 13.2 Å². The molecule has 0 aromatic carbocycles. The van der Waals surface area contributed by atoms with E-state index in [1.807, 2.05) is 0 Å². The van der Waals surface area contributed by atoms with Crippen LogP contribution >= 0.6 is 0 Å². The highest BCUT2D eigenvalue weighted by molar-refractivity contribution is 6.04. The topological polar surface area (TPSA) is 121 Å². The van der Waals surface area contributed by atoms with E-state index in [9.17, 15) is 18.3 Å². The molecule has 10 nitrogen and oxygen atoms in total. The second-order valence-electron chi connectivity index (χ2n) is 9.40. The van der Waals surface area contributed by atoms with Crippen LogP contribution in [0, 0.1) is 13.8 Å². The molecule has 0 aliphatic rings. The molecule has 36 heavy (non-hydrogen) atoms.